The van der Waals surface area contributed by atoms with Gasteiger partial charge in [-0.05, 0) is 37.1 Å². The van der Waals surface area contributed by atoms with Crippen molar-refractivity contribution in [3.63, 3.8) is 0 Å². The van der Waals surface area contributed by atoms with E-state index in [1.165, 1.54) is 25.9 Å². The van der Waals surface area contributed by atoms with Gasteiger partial charge in [-0.2, -0.15) is 0 Å². The molecule has 1 heterocycles. The van der Waals surface area contributed by atoms with Crippen molar-refractivity contribution < 1.29 is 0 Å². The SMILES string of the molecule is CCN1CC[C@H]2c3ccccc3C[C@H]21. The van der Waals surface area contributed by atoms with Crippen molar-refractivity contribution >= 4 is 0 Å². The van der Waals surface area contributed by atoms with E-state index in [9.17, 15) is 0 Å². The van der Waals surface area contributed by atoms with Crippen LogP contribution in [-0.4, -0.2) is 24.0 Å². The summed E-state index contributed by atoms with van der Waals surface area (Å²) in [5, 5.41) is 0. The molecule has 0 amide bonds. The van der Waals surface area contributed by atoms with Gasteiger partial charge in [0.1, 0.15) is 0 Å². The van der Waals surface area contributed by atoms with E-state index in [0.717, 1.165) is 12.0 Å². The van der Waals surface area contributed by atoms with Crippen LogP contribution < -0.4 is 0 Å². The fourth-order valence-electron chi connectivity index (χ4n) is 3.25. The standard InChI is InChI=1S/C13H17N/c1-2-14-8-7-12-11-6-4-3-5-10(11)9-13(12)14/h3-6,12-13H,2,7-9H2,1H3/t12-,13+/m0/s1. The van der Waals surface area contributed by atoms with E-state index in [1.807, 2.05) is 0 Å². The smallest absolute Gasteiger partial charge is 0.0205 e. The third kappa shape index (κ3) is 1.05. The van der Waals surface area contributed by atoms with Crippen LogP contribution in [0.25, 0.3) is 0 Å². The highest BCUT2D eigenvalue weighted by atomic mass is 15.2. The summed E-state index contributed by atoms with van der Waals surface area (Å²) in [6, 6.07) is 9.82. The molecule has 14 heavy (non-hydrogen) atoms. The van der Waals surface area contributed by atoms with Gasteiger partial charge in [0, 0.05) is 12.0 Å². The summed E-state index contributed by atoms with van der Waals surface area (Å²) >= 11 is 0. The van der Waals surface area contributed by atoms with Crippen molar-refractivity contribution in [2.24, 2.45) is 0 Å². The highest BCUT2D eigenvalue weighted by molar-refractivity contribution is 5.38. The van der Waals surface area contributed by atoms with Crippen LogP contribution >= 0.6 is 0 Å². The van der Waals surface area contributed by atoms with Crippen molar-refractivity contribution in [2.75, 3.05) is 13.1 Å². The maximum Gasteiger partial charge on any atom is 0.0205 e. The number of nitrogens with zero attached hydrogens (tertiary/aromatic N) is 1. The third-order valence-electron chi connectivity index (χ3n) is 3.95. The molecule has 1 aromatic rings. The number of benzene rings is 1. The molecule has 1 aliphatic heterocycles. The Kier molecular flexibility index (Phi) is 1.88. The zero-order chi connectivity index (χ0) is 9.54. The molecular formula is C13H17N. The normalized spacial score (nSPS) is 30.4. The Bertz CT molecular complexity index is 345. The summed E-state index contributed by atoms with van der Waals surface area (Å²) < 4.78 is 0. The quantitative estimate of drug-likeness (QED) is 0.652. The van der Waals surface area contributed by atoms with Crippen LogP contribution in [0.4, 0.5) is 0 Å². The minimum atomic E-state index is 0.817. The molecule has 1 aromatic carbocycles. The predicted molar refractivity (Wildman–Crippen MR) is 58.5 cm³/mol. The highest BCUT2D eigenvalue weighted by Crippen LogP contribution is 2.42. The maximum absolute atomic E-state index is 2.64. The number of likely N-dealkylation sites (N-methyl/N-ethyl adjacent to an activating group) is 1. The topological polar surface area (TPSA) is 3.24 Å². The summed E-state index contributed by atoms with van der Waals surface area (Å²) in [6.07, 6.45) is 2.66. The Labute approximate surface area is 85.7 Å². The van der Waals surface area contributed by atoms with E-state index in [0.29, 0.717) is 0 Å². The summed E-state index contributed by atoms with van der Waals surface area (Å²) in [5.74, 6) is 0.839. The number of hydrogen-bond donors (Lipinski definition) is 0. The molecule has 2 atom stereocenters. The first-order valence-corrected chi connectivity index (χ1v) is 5.72. The fourth-order valence-corrected chi connectivity index (χ4v) is 3.25. The van der Waals surface area contributed by atoms with Gasteiger partial charge in [-0.1, -0.05) is 31.2 Å². The predicted octanol–water partition coefficient (Wildman–Crippen LogP) is 2.42. The lowest BCUT2D eigenvalue weighted by Gasteiger charge is -2.21. The van der Waals surface area contributed by atoms with Crippen LogP contribution in [0.5, 0.6) is 0 Å². The Morgan fingerprint density at radius 2 is 2.21 bits per heavy atom. The molecule has 3 rings (SSSR count). The first kappa shape index (κ1) is 8.49. The molecule has 0 N–H and O–H groups in total. The Morgan fingerprint density at radius 3 is 3.07 bits per heavy atom. The molecule has 1 aliphatic carbocycles. The summed E-state index contributed by atoms with van der Waals surface area (Å²) in [7, 11) is 0. The van der Waals surface area contributed by atoms with Gasteiger partial charge in [-0.25, -0.2) is 0 Å². The first-order valence-electron chi connectivity index (χ1n) is 5.72. The van der Waals surface area contributed by atoms with E-state index in [1.54, 1.807) is 11.1 Å². The van der Waals surface area contributed by atoms with E-state index >= 15 is 0 Å². The Morgan fingerprint density at radius 1 is 1.36 bits per heavy atom. The van der Waals surface area contributed by atoms with Crippen molar-refractivity contribution in [3.05, 3.63) is 35.4 Å². The van der Waals surface area contributed by atoms with Crippen LogP contribution in [0.3, 0.4) is 0 Å². The van der Waals surface area contributed by atoms with Crippen LogP contribution in [-0.2, 0) is 6.42 Å². The van der Waals surface area contributed by atoms with Crippen molar-refractivity contribution in [1.82, 2.24) is 4.90 Å². The lowest BCUT2D eigenvalue weighted by atomic mass is 9.98. The lowest BCUT2D eigenvalue weighted by Crippen LogP contribution is -2.30. The zero-order valence-electron chi connectivity index (χ0n) is 8.74. The molecule has 1 nitrogen and oxygen atoms in total. The fraction of sp³-hybridized carbons (Fsp3) is 0.538. The molecule has 0 bridgehead atoms. The largest absolute Gasteiger partial charge is 0.300 e. The first-order chi connectivity index (χ1) is 6.90. The molecule has 0 spiro atoms. The van der Waals surface area contributed by atoms with Crippen molar-refractivity contribution in [2.45, 2.75) is 31.7 Å². The second-order valence-electron chi connectivity index (χ2n) is 4.49. The summed E-state index contributed by atoms with van der Waals surface area (Å²) in [5.41, 5.74) is 3.23. The molecule has 74 valence electrons. The number of likely N-dealkylation sites (tertiary alicyclic amines) is 1. The van der Waals surface area contributed by atoms with Gasteiger partial charge in [-0.3, -0.25) is 4.90 Å². The van der Waals surface area contributed by atoms with Crippen LogP contribution in [0, 0.1) is 0 Å². The second kappa shape index (κ2) is 3.09. The van der Waals surface area contributed by atoms with Gasteiger partial charge in [0.15, 0.2) is 0 Å². The Hall–Kier alpha value is -0.820. The van der Waals surface area contributed by atoms with Crippen LogP contribution in [0.1, 0.15) is 30.4 Å². The minimum absolute atomic E-state index is 0.817. The molecule has 1 heteroatoms. The molecule has 0 saturated carbocycles. The molecule has 2 aliphatic rings. The number of fused-ring (bicyclic) bond motifs is 3. The zero-order valence-corrected chi connectivity index (χ0v) is 8.74. The average molecular weight is 187 g/mol. The highest BCUT2D eigenvalue weighted by Gasteiger charge is 2.39. The van der Waals surface area contributed by atoms with Gasteiger partial charge in [0.05, 0.1) is 0 Å². The molecule has 0 radical (unpaired) electrons. The molecular weight excluding hydrogens is 170 g/mol. The van der Waals surface area contributed by atoms with E-state index < -0.39 is 0 Å². The van der Waals surface area contributed by atoms with Crippen molar-refractivity contribution in [1.29, 1.82) is 0 Å². The van der Waals surface area contributed by atoms with Crippen LogP contribution in [0.15, 0.2) is 24.3 Å². The van der Waals surface area contributed by atoms with Gasteiger partial charge >= 0.3 is 0 Å². The van der Waals surface area contributed by atoms with E-state index in [4.69, 9.17) is 0 Å². The summed E-state index contributed by atoms with van der Waals surface area (Å²) in [4.78, 5) is 2.64. The van der Waals surface area contributed by atoms with Gasteiger partial charge < -0.3 is 0 Å². The molecule has 0 aromatic heterocycles. The minimum Gasteiger partial charge on any atom is -0.300 e. The van der Waals surface area contributed by atoms with E-state index in [-0.39, 0.29) is 0 Å². The van der Waals surface area contributed by atoms with Crippen LogP contribution in [0.2, 0.25) is 0 Å². The maximum atomic E-state index is 2.64. The van der Waals surface area contributed by atoms with Gasteiger partial charge in [0.25, 0.3) is 0 Å². The van der Waals surface area contributed by atoms with Gasteiger partial charge in [-0.15, -0.1) is 0 Å². The second-order valence-corrected chi connectivity index (χ2v) is 4.49. The third-order valence-corrected chi connectivity index (χ3v) is 3.95. The summed E-state index contributed by atoms with van der Waals surface area (Å²) in [6.45, 7) is 4.81. The monoisotopic (exact) mass is 187 g/mol. The van der Waals surface area contributed by atoms with Crippen molar-refractivity contribution in [3.8, 4) is 0 Å². The molecule has 1 saturated heterocycles. The van der Waals surface area contributed by atoms with E-state index in [2.05, 4.69) is 36.1 Å². The Balaban J connectivity index is 1.97. The van der Waals surface area contributed by atoms with Gasteiger partial charge in [0.2, 0.25) is 0 Å². The molecule has 1 fully saturated rings. The molecule has 0 unspecified atom stereocenters. The average Bonchev–Trinajstić information content (AvgIpc) is 2.75. The number of hydrogen-bond acceptors (Lipinski definition) is 1. The number of rotatable bonds is 1. The lowest BCUT2D eigenvalue weighted by molar-refractivity contribution is 0.265.